The minimum absolute atomic E-state index is 0.0187. The van der Waals surface area contributed by atoms with Gasteiger partial charge in [0.2, 0.25) is 5.91 Å². The normalized spacial score (nSPS) is 14.9. The Balaban J connectivity index is 2.00. The van der Waals surface area contributed by atoms with Crippen LogP contribution in [0.1, 0.15) is 41.3 Å². The van der Waals surface area contributed by atoms with E-state index in [1.54, 1.807) is 29.6 Å². The maximum atomic E-state index is 11.7. The largest absolute Gasteiger partial charge is 0.317 e. The van der Waals surface area contributed by atoms with Crippen molar-refractivity contribution in [1.29, 1.82) is 0 Å². The molecule has 0 unspecified atom stereocenters. The molecule has 2 aromatic rings. The Hall–Kier alpha value is -1.50. The number of carbonyl (C=O) groups excluding carboxylic acids is 1. The van der Waals surface area contributed by atoms with Gasteiger partial charge in [0.15, 0.2) is 0 Å². The summed E-state index contributed by atoms with van der Waals surface area (Å²) in [5, 5.41) is 5.06. The molecule has 0 fully saturated rings. The lowest BCUT2D eigenvalue weighted by atomic mass is 10.0. The number of carbonyl (C=O) groups is 1. The minimum Gasteiger partial charge on any atom is -0.317 e. The van der Waals surface area contributed by atoms with Gasteiger partial charge in [-0.3, -0.25) is 4.79 Å². The van der Waals surface area contributed by atoms with Crippen molar-refractivity contribution in [2.75, 3.05) is 18.9 Å². The first-order valence-corrected chi connectivity index (χ1v) is 10.3. The zero-order valence-electron chi connectivity index (χ0n) is 15.3. The molecule has 134 valence electrons. The molecular formula is C19H25N3OS2. The van der Waals surface area contributed by atoms with Crippen LogP contribution in [0.5, 0.6) is 0 Å². The minimum atomic E-state index is -0.0187. The van der Waals surface area contributed by atoms with Crippen molar-refractivity contribution in [2.24, 2.45) is 0 Å². The summed E-state index contributed by atoms with van der Waals surface area (Å²) in [4.78, 5) is 21.6. The SMILES string of the molecule is C/C=C\CCc1sc(-c2c(NC(C)=O)sc3c2CCN(C)C3)nc1C. The lowest BCUT2D eigenvalue weighted by Gasteiger charge is -2.22. The maximum Gasteiger partial charge on any atom is 0.221 e. The van der Waals surface area contributed by atoms with Crippen molar-refractivity contribution in [1.82, 2.24) is 9.88 Å². The van der Waals surface area contributed by atoms with E-state index in [4.69, 9.17) is 4.98 Å². The van der Waals surface area contributed by atoms with E-state index in [0.717, 1.165) is 53.6 Å². The molecule has 0 aromatic carbocycles. The number of likely N-dealkylation sites (N-methyl/N-ethyl adjacent to an activating group) is 1. The van der Waals surface area contributed by atoms with Gasteiger partial charge in [0.05, 0.1) is 5.69 Å². The van der Waals surface area contributed by atoms with Gasteiger partial charge in [-0.15, -0.1) is 22.7 Å². The Morgan fingerprint density at radius 3 is 2.92 bits per heavy atom. The molecule has 0 bridgehead atoms. The molecule has 0 aliphatic carbocycles. The van der Waals surface area contributed by atoms with Gasteiger partial charge in [-0.05, 0) is 45.7 Å². The number of thiazole rings is 1. The highest BCUT2D eigenvalue weighted by Gasteiger charge is 2.26. The number of rotatable bonds is 5. The van der Waals surface area contributed by atoms with E-state index in [9.17, 15) is 4.79 Å². The molecule has 6 heteroatoms. The van der Waals surface area contributed by atoms with Crippen molar-refractivity contribution in [2.45, 2.75) is 46.6 Å². The van der Waals surface area contributed by atoms with Crippen molar-refractivity contribution >= 4 is 33.6 Å². The highest BCUT2D eigenvalue weighted by molar-refractivity contribution is 7.19. The fraction of sp³-hybridized carbons (Fsp3) is 0.474. The maximum absolute atomic E-state index is 11.7. The molecule has 1 aliphatic rings. The quantitative estimate of drug-likeness (QED) is 0.775. The van der Waals surface area contributed by atoms with E-state index in [0.29, 0.717) is 0 Å². The number of allylic oxidation sites excluding steroid dienone is 2. The zero-order valence-corrected chi connectivity index (χ0v) is 16.9. The number of aryl methyl sites for hydroxylation is 2. The van der Waals surface area contributed by atoms with Gasteiger partial charge in [0.25, 0.3) is 0 Å². The van der Waals surface area contributed by atoms with Crippen LogP contribution in [0.25, 0.3) is 10.6 Å². The highest BCUT2D eigenvalue weighted by atomic mass is 32.1. The summed E-state index contributed by atoms with van der Waals surface area (Å²) >= 11 is 3.49. The Morgan fingerprint density at radius 2 is 2.20 bits per heavy atom. The van der Waals surface area contributed by atoms with Gasteiger partial charge in [-0.25, -0.2) is 4.98 Å². The number of thiophene rings is 1. The number of fused-ring (bicyclic) bond motifs is 1. The monoisotopic (exact) mass is 375 g/mol. The fourth-order valence-corrected chi connectivity index (χ4v) is 5.75. The molecule has 1 aliphatic heterocycles. The molecule has 3 heterocycles. The molecule has 1 N–H and O–H groups in total. The lowest BCUT2D eigenvalue weighted by molar-refractivity contribution is -0.114. The van der Waals surface area contributed by atoms with Crippen LogP contribution in [-0.4, -0.2) is 29.4 Å². The number of hydrogen-bond donors (Lipinski definition) is 1. The molecule has 0 spiro atoms. The molecule has 0 atom stereocenters. The standard InChI is InChI=1S/C19H25N3OS2/c1-5-6-7-8-15-12(2)20-18(24-15)17-14-9-10-22(4)11-16(14)25-19(17)21-13(3)23/h5-6H,7-11H2,1-4H3,(H,21,23)/b6-5-. The van der Waals surface area contributed by atoms with E-state index in [2.05, 4.69) is 43.3 Å². The summed E-state index contributed by atoms with van der Waals surface area (Å²) in [6, 6.07) is 0. The first-order valence-electron chi connectivity index (χ1n) is 8.68. The second kappa shape index (κ2) is 7.81. The van der Waals surface area contributed by atoms with Crippen LogP contribution in [0.3, 0.4) is 0 Å². The Kier molecular flexibility index (Phi) is 5.71. The van der Waals surface area contributed by atoms with Crippen LogP contribution >= 0.6 is 22.7 Å². The van der Waals surface area contributed by atoms with Crippen LogP contribution < -0.4 is 5.32 Å². The van der Waals surface area contributed by atoms with Gasteiger partial charge in [-0.1, -0.05) is 12.2 Å². The number of aromatic nitrogens is 1. The Morgan fingerprint density at radius 1 is 1.40 bits per heavy atom. The lowest BCUT2D eigenvalue weighted by Crippen LogP contribution is -2.25. The average molecular weight is 376 g/mol. The molecule has 3 rings (SSSR count). The molecule has 2 aromatic heterocycles. The third kappa shape index (κ3) is 4.02. The summed E-state index contributed by atoms with van der Waals surface area (Å²) in [7, 11) is 2.15. The molecule has 4 nitrogen and oxygen atoms in total. The second-order valence-electron chi connectivity index (χ2n) is 6.51. The first kappa shape index (κ1) is 18.3. The van der Waals surface area contributed by atoms with Crippen LogP contribution in [0, 0.1) is 6.92 Å². The molecule has 0 saturated heterocycles. The van der Waals surface area contributed by atoms with Gasteiger partial charge in [0, 0.05) is 35.3 Å². The Labute approximate surface area is 157 Å². The van der Waals surface area contributed by atoms with Gasteiger partial charge in [-0.2, -0.15) is 0 Å². The molecule has 0 radical (unpaired) electrons. The van der Waals surface area contributed by atoms with Gasteiger partial charge < -0.3 is 10.2 Å². The predicted octanol–water partition coefficient (Wildman–Crippen LogP) is 4.64. The molecule has 1 amide bonds. The van der Waals surface area contributed by atoms with Crippen molar-refractivity contribution < 1.29 is 4.79 Å². The predicted molar refractivity (Wildman–Crippen MR) is 108 cm³/mol. The highest BCUT2D eigenvalue weighted by Crippen LogP contribution is 2.45. The second-order valence-corrected chi connectivity index (χ2v) is 8.70. The van der Waals surface area contributed by atoms with Crippen LogP contribution in [-0.2, 0) is 24.2 Å². The fourth-order valence-electron chi connectivity index (χ4n) is 3.15. The zero-order chi connectivity index (χ0) is 18.0. The van der Waals surface area contributed by atoms with Crippen LogP contribution in [0.4, 0.5) is 5.00 Å². The van der Waals surface area contributed by atoms with E-state index in [-0.39, 0.29) is 5.91 Å². The summed E-state index contributed by atoms with van der Waals surface area (Å²) in [6.45, 7) is 7.72. The van der Waals surface area contributed by atoms with Crippen LogP contribution in [0.2, 0.25) is 0 Å². The summed E-state index contributed by atoms with van der Waals surface area (Å²) in [5.74, 6) is -0.0187. The van der Waals surface area contributed by atoms with E-state index in [1.165, 1.54) is 15.3 Å². The molecule has 0 saturated carbocycles. The summed E-state index contributed by atoms with van der Waals surface area (Å²) in [6.07, 6.45) is 7.38. The third-order valence-corrected chi connectivity index (χ3v) is 6.78. The summed E-state index contributed by atoms with van der Waals surface area (Å²) < 4.78 is 0. The first-order chi connectivity index (χ1) is 12.0. The van der Waals surface area contributed by atoms with Crippen molar-refractivity contribution in [3.63, 3.8) is 0 Å². The van der Waals surface area contributed by atoms with Gasteiger partial charge >= 0.3 is 0 Å². The third-order valence-electron chi connectivity index (χ3n) is 4.42. The summed E-state index contributed by atoms with van der Waals surface area (Å²) in [5.41, 5.74) is 3.65. The van der Waals surface area contributed by atoms with E-state index >= 15 is 0 Å². The molecule has 25 heavy (non-hydrogen) atoms. The van der Waals surface area contributed by atoms with Gasteiger partial charge in [0.1, 0.15) is 10.0 Å². The van der Waals surface area contributed by atoms with E-state index in [1.807, 2.05) is 0 Å². The number of anilines is 1. The number of nitrogens with one attached hydrogen (secondary N) is 1. The Bertz CT molecular complexity index is 804. The van der Waals surface area contributed by atoms with Crippen molar-refractivity contribution in [3.8, 4) is 10.6 Å². The van der Waals surface area contributed by atoms with E-state index < -0.39 is 0 Å². The number of nitrogens with zero attached hydrogens (tertiary/aromatic N) is 2. The van der Waals surface area contributed by atoms with Crippen LogP contribution in [0.15, 0.2) is 12.2 Å². The number of amides is 1. The van der Waals surface area contributed by atoms with Crippen molar-refractivity contribution in [3.05, 3.63) is 33.2 Å². The smallest absolute Gasteiger partial charge is 0.221 e. The number of hydrogen-bond acceptors (Lipinski definition) is 5. The average Bonchev–Trinajstić information content (AvgIpc) is 3.06. The molecular weight excluding hydrogens is 350 g/mol. The topological polar surface area (TPSA) is 45.2 Å².